The largest absolute Gasteiger partial charge is 0.378 e. The second kappa shape index (κ2) is 6.14. The maximum atomic E-state index is 12.4. The first-order valence-electron chi connectivity index (χ1n) is 7.47. The van der Waals surface area contributed by atoms with Crippen LogP contribution in [0.5, 0.6) is 0 Å². The molecule has 1 aromatic heterocycles. The van der Waals surface area contributed by atoms with Crippen molar-refractivity contribution < 1.29 is 0 Å². The van der Waals surface area contributed by atoms with E-state index in [1.54, 1.807) is 10.9 Å². The van der Waals surface area contributed by atoms with Crippen molar-refractivity contribution in [3.63, 3.8) is 0 Å². The molecule has 1 aromatic rings. The summed E-state index contributed by atoms with van der Waals surface area (Å²) >= 11 is 6.11. The van der Waals surface area contributed by atoms with Crippen LogP contribution in [-0.4, -0.2) is 28.9 Å². The van der Waals surface area contributed by atoms with Gasteiger partial charge in [0, 0.05) is 19.1 Å². The molecule has 2 aliphatic rings. The lowest BCUT2D eigenvalue weighted by atomic mass is 9.85. The minimum atomic E-state index is -0.0950. The Morgan fingerprint density at radius 3 is 2.90 bits per heavy atom. The van der Waals surface area contributed by atoms with Crippen molar-refractivity contribution in [3.8, 4) is 0 Å². The van der Waals surface area contributed by atoms with Gasteiger partial charge in [-0.3, -0.25) is 4.79 Å². The van der Waals surface area contributed by atoms with Crippen molar-refractivity contribution in [1.29, 1.82) is 0 Å². The third kappa shape index (κ3) is 2.99. The minimum Gasteiger partial charge on any atom is -0.378 e. The van der Waals surface area contributed by atoms with Crippen LogP contribution in [0, 0.1) is 5.92 Å². The van der Waals surface area contributed by atoms with Gasteiger partial charge in [0.05, 0.1) is 11.2 Å². The second-order valence-electron chi connectivity index (χ2n) is 5.83. The van der Waals surface area contributed by atoms with Crippen LogP contribution in [0.15, 0.2) is 11.0 Å². The number of aromatic nitrogens is 2. The highest BCUT2D eigenvalue weighted by molar-refractivity contribution is 6.32. The summed E-state index contributed by atoms with van der Waals surface area (Å²) in [6, 6.07) is 0.429. The lowest BCUT2D eigenvalue weighted by Gasteiger charge is -2.25. The Labute approximate surface area is 123 Å². The minimum absolute atomic E-state index is 0.0950. The highest BCUT2D eigenvalue weighted by atomic mass is 35.5. The second-order valence-corrected chi connectivity index (χ2v) is 6.23. The molecule has 1 aliphatic heterocycles. The maximum absolute atomic E-state index is 12.4. The molecule has 6 heteroatoms. The SMILES string of the molecule is O=c1c(NCC2CCCN2)c(Cl)cnn1CC1CCC1. The fourth-order valence-corrected chi connectivity index (χ4v) is 3.03. The molecule has 2 heterocycles. The first kappa shape index (κ1) is 13.9. The molecule has 1 unspecified atom stereocenters. The normalized spacial score (nSPS) is 22.8. The quantitative estimate of drug-likeness (QED) is 0.871. The van der Waals surface area contributed by atoms with Crippen LogP contribution in [0.25, 0.3) is 0 Å². The molecule has 0 spiro atoms. The summed E-state index contributed by atoms with van der Waals surface area (Å²) in [5, 5.41) is 11.2. The van der Waals surface area contributed by atoms with Gasteiger partial charge in [-0.2, -0.15) is 5.10 Å². The summed E-state index contributed by atoms with van der Waals surface area (Å²) in [6.45, 7) is 2.51. The predicted octanol–water partition coefficient (Wildman–Crippen LogP) is 1.86. The monoisotopic (exact) mass is 296 g/mol. The van der Waals surface area contributed by atoms with Gasteiger partial charge in [0.2, 0.25) is 0 Å². The average Bonchev–Trinajstić information content (AvgIpc) is 2.89. The molecule has 1 saturated carbocycles. The molecular weight excluding hydrogens is 276 g/mol. The molecular formula is C14H21ClN4O. The lowest BCUT2D eigenvalue weighted by molar-refractivity contribution is 0.262. The molecule has 0 aromatic carbocycles. The van der Waals surface area contributed by atoms with Crippen LogP contribution in [0.2, 0.25) is 5.02 Å². The maximum Gasteiger partial charge on any atom is 0.291 e. The van der Waals surface area contributed by atoms with Gasteiger partial charge >= 0.3 is 0 Å². The van der Waals surface area contributed by atoms with Gasteiger partial charge in [0.1, 0.15) is 5.69 Å². The van der Waals surface area contributed by atoms with Gasteiger partial charge in [-0.05, 0) is 38.1 Å². The van der Waals surface area contributed by atoms with Crippen molar-refractivity contribution in [1.82, 2.24) is 15.1 Å². The van der Waals surface area contributed by atoms with E-state index in [9.17, 15) is 4.79 Å². The number of anilines is 1. The topological polar surface area (TPSA) is 59.0 Å². The Morgan fingerprint density at radius 1 is 1.40 bits per heavy atom. The average molecular weight is 297 g/mol. The van der Waals surface area contributed by atoms with Gasteiger partial charge in [-0.1, -0.05) is 18.0 Å². The first-order valence-corrected chi connectivity index (χ1v) is 7.84. The van der Waals surface area contributed by atoms with E-state index < -0.39 is 0 Å². The molecule has 5 nitrogen and oxygen atoms in total. The number of hydrogen-bond acceptors (Lipinski definition) is 4. The fraction of sp³-hybridized carbons (Fsp3) is 0.714. The van der Waals surface area contributed by atoms with Crippen LogP contribution in [-0.2, 0) is 6.54 Å². The molecule has 1 atom stereocenters. The van der Waals surface area contributed by atoms with E-state index in [4.69, 9.17) is 11.6 Å². The Morgan fingerprint density at radius 2 is 2.25 bits per heavy atom. The van der Waals surface area contributed by atoms with Crippen molar-refractivity contribution >= 4 is 17.3 Å². The Hall–Kier alpha value is -1.07. The number of nitrogens with zero attached hydrogens (tertiary/aromatic N) is 2. The molecule has 1 saturated heterocycles. The Bertz CT molecular complexity index is 520. The molecule has 1 aliphatic carbocycles. The predicted molar refractivity (Wildman–Crippen MR) is 80.4 cm³/mol. The van der Waals surface area contributed by atoms with Gasteiger partial charge in [0.25, 0.3) is 5.56 Å². The fourth-order valence-electron chi connectivity index (χ4n) is 2.83. The molecule has 0 bridgehead atoms. The summed E-state index contributed by atoms with van der Waals surface area (Å²) in [6.07, 6.45) is 7.59. The number of halogens is 1. The highest BCUT2D eigenvalue weighted by Crippen LogP contribution is 2.27. The Balaban J connectivity index is 1.70. The smallest absolute Gasteiger partial charge is 0.291 e. The molecule has 0 radical (unpaired) electrons. The van der Waals surface area contributed by atoms with Crippen LogP contribution < -0.4 is 16.2 Å². The van der Waals surface area contributed by atoms with Crippen molar-refractivity contribution in [2.24, 2.45) is 5.92 Å². The van der Waals surface area contributed by atoms with E-state index in [0.29, 0.717) is 29.2 Å². The van der Waals surface area contributed by atoms with Crippen molar-refractivity contribution in [2.45, 2.75) is 44.7 Å². The van der Waals surface area contributed by atoms with Crippen molar-refractivity contribution in [3.05, 3.63) is 21.6 Å². The van der Waals surface area contributed by atoms with Crippen molar-refractivity contribution in [2.75, 3.05) is 18.4 Å². The number of rotatable bonds is 5. The third-order valence-corrected chi connectivity index (χ3v) is 4.63. The van der Waals surface area contributed by atoms with Crippen LogP contribution in [0.4, 0.5) is 5.69 Å². The number of nitrogens with one attached hydrogen (secondary N) is 2. The van der Waals surface area contributed by atoms with Gasteiger partial charge in [-0.15, -0.1) is 0 Å². The Kier molecular flexibility index (Phi) is 4.27. The molecule has 2 fully saturated rings. The summed E-state index contributed by atoms with van der Waals surface area (Å²) in [4.78, 5) is 12.4. The standard InChI is InChI=1S/C14H21ClN4O/c15-12-8-18-19(9-10-3-1-4-10)14(20)13(12)17-7-11-5-2-6-16-11/h8,10-11,16-17H,1-7,9H2. The van der Waals surface area contributed by atoms with E-state index in [1.165, 1.54) is 25.7 Å². The zero-order valence-electron chi connectivity index (χ0n) is 11.6. The van der Waals surface area contributed by atoms with Gasteiger partial charge in [-0.25, -0.2) is 4.68 Å². The van der Waals surface area contributed by atoms with E-state index in [0.717, 1.165) is 19.5 Å². The number of hydrogen-bond donors (Lipinski definition) is 2. The zero-order chi connectivity index (χ0) is 13.9. The summed E-state index contributed by atoms with van der Waals surface area (Å²) in [5.41, 5.74) is 0.400. The molecule has 20 heavy (non-hydrogen) atoms. The third-order valence-electron chi connectivity index (χ3n) is 4.34. The summed E-state index contributed by atoms with van der Waals surface area (Å²) < 4.78 is 1.56. The molecule has 3 rings (SSSR count). The van der Waals surface area contributed by atoms with Crippen LogP contribution in [0.1, 0.15) is 32.1 Å². The van der Waals surface area contributed by atoms with Crippen LogP contribution >= 0.6 is 11.6 Å². The summed E-state index contributed by atoms with van der Waals surface area (Å²) in [7, 11) is 0. The molecule has 2 N–H and O–H groups in total. The van der Waals surface area contributed by atoms with E-state index in [1.807, 2.05) is 0 Å². The van der Waals surface area contributed by atoms with E-state index in [-0.39, 0.29) is 5.56 Å². The van der Waals surface area contributed by atoms with E-state index >= 15 is 0 Å². The summed E-state index contributed by atoms with van der Waals surface area (Å²) in [5.74, 6) is 0.603. The van der Waals surface area contributed by atoms with Crippen LogP contribution in [0.3, 0.4) is 0 Å². The highest BCUT2D eigenvalue weighted by Gasteiger charge is 2.21. The molecule has 0 amide bonds. The zero-order valence-corrected chi connectivity index (χ0v) is 12.3. The van der Waals surface area contributed by atoms with Gasteiger partial charge < -0.3 is 10.6 Å². The first-order chi connectivity index (χ1) is 9.74. The molecule has 110 valence electrons. The van der Waals surface area contributed by atoms with Gasteiger partial charge in [0.15, 0.2) is 0 Å². The van der Waals surface area contributed by atoms with E-state index in [2.05, 4.69) is 15.7 Å². The lowest BCUT2D eigenvalue weighted by Crippen LogP contribution is -2.34.